The number of nitrogens with two attached hydrogens (primary N) is 1. The summed E-state index contributed by atoms with van der Waals surface area (Å²) in [6.45, 7) is 5.14. The summed E-state index contributed by atoms with van der Waals surface area (Å²) in [5.74, 6) is -0.477. The second kappa shape index (κ2) is 9.19. The van der Waals surface area contributed by atoms with Gasteiger partial charge in [-0.3, -0.25) is 19.3 Å². The highest BCUT2D eigenvalue weighted by atomic mass is 16.2. The van der Waals surface area contributed by atoms with E-state index < -0.39 is 0 Å². The minimum atomic E-state index is -0.224. The number of nitrogens with one attached hydrogen (secondary N) is 1. The van der Waals surface area contributed by atoms with Crippen LogP contribution in [0.1, 0.15) is 38.2 Å². The summed E-state index contributed by atoms with van der Waals surface area (Å²) in [4.78, 5) is 39.7. The monoisotopic (exact) mass is 386 g/mol. The Kier molecular flexibility index (Phi) is 6.67. The van der Waals surface area contributed by atoms with E-state index in [-0.39, 0.29) is 29.6 Å². The normalized spacial score (nSPS) is 23.2. The van der Waals surface area contributed by atoms with Gasteiger partial charge in [0.15, 0.2) is 0 Å². The molecule has 28 heavy (non-hydrogen) atoms. The molecule has 2 saturated heterocycles. The van der Waals surface area contributed by atoms with E-state index in [1.807, 2.05) is 24.3 Å². The Bertz CT molecular complexity index is 736. The molecular weight excluding hydrogens is 356 g/mol. The highest BCUT2D eigenvalue weighted by Crippen LogP contribution is 2.22. The number of primary amides is 1. The van der Waals surface area contributed by atoms with Crippen molar-refractivity contribution in [2.45, 2.75) is 39.2 Å². The molecule has 0 aliphatic carbocycles. The van der Waals surface area contributed by atoms with Gasteiger partial charge < -0.3 is 16.0 Å². The minimum absolute atomic E-state index is 0.0234. The lowest BCUT2D eigenvalue weighted by Crippen LogP contribution is -2.42. The lowest BCUT2D eigenvalue weighted by molar-refractivity contribution is -0.132. The van der Waals surface area contributed by atoms with Crippen LogP contribution in [0.5, 0.6) is 0 Å². The first-order valence-corrected chi connectivity index (χ1v) is 10.1. The maximum atomic E-state index is 12.6. The number of amides is 3. The summed E-state index contributed by atoms with van der Waals surface area (Å²) in [6, 6.07) is 7.83. The van der Waals surface area contributed by atoms with Crippen LogP contribution in [0.3, 0.4) is 0 Å². The van der Waals surface area contributed by atoms with Crippen LogP contribution in [0.15, 0.2) is 24.3 Å². The fourth-order valence-electron chi connectivity index (χ4n) is 4.16. The number of hydrogen-bond acceptors (Lipinski definition) is 4. The van der Waals surface area contributed by atoms with Crippen molar-refractivity contribution in [2.75, 3.05) is 31.5 Å². The highest BCUT2D eigenvalue weighted by molar-refractivity contribution is 5.93. The van der Waals surface area contributed by atoms with Gasteiger partial charge in [0.1, 0.15) is 0 Å². The van der Waals surface area contributed by atoms with Crippen molar-refractivity contribution in [1.82, 2.24) is 9.80 Å². The van der Waals surface area contributed by atoms with E-state index in [0.29, 0.717) is 13.1 Å². The summed E-state index contributed by atoms with van der Waals surface area (Å²) in [6.07, 6.45) is 3.49. The Labute approximate surface area is 166 Å². The Morgan fingerprint density at radius 3 is 2.61 bits per heavy atom. The molecule has 2 aliphatic heterocycles. The van der Waals surface area contributed by atoms with Crippen LogP contribution in [0.2, 0.25) is 0 Å². The van der Waals surface area contributed by atoms with Crippen molar-refractivity contribution in [3.8, 4) is 0 Å². The molecule has 7 heteroatoms. The summed E-state index contributed by atoms with van der Waals surface area (Å²) < 4.78 is 0. The molecule has 0 saturated carbocycles. The number of rotatable bonds is 5. The zero-order chi connectivity index (χ0) is 20.1. The molecule has 3 amide bonds. The van der Waals surface area contributed by atoms with Gasteiger partial charge in [-0.1, -0.05) is 12.1 Å². The number of carbonyl (C=O) groups is 3. The standard InChI is InChI=1S/C21H30N4O3/c1-15(26)25-10-4-7-18(14-25)21(28)23-19-8-2-5-16(11-19)12-24-9-3-6-17(13-24)20(22)27/h2,5,8,11,17-18H,3-4,6-7,9-10,12-14H2,1H3,(H2,22,27)(H,23,28). The van der Waals surface area contributed by atoms with Crippen LogP contribution in [0.25, 0.3) is 0 Å². The molecule has 3 rings (SSSR count). The average molecular weight is 386 g/mol. The Morgan fingerprint density at radius 2 is 1.86 bits per heavy atom. The molecule has 2 atom stereocenters. The number of benzene rings is 1. The largest absolute Gasteiger partial charge is 0.369 e. The molecule has 0 aromatic heterocycles. The number of piperidine rings is 2. The van der Waals surface area contributed by atoms with Crippen molar-refractivity contribution in [2.24, 2.45) is 17.6 Å². The van der Waals surface area contributed by atoms with Crippen LogP contribution in [0.4, 0.5) is 5.69 Å². The molecule has 1 aromatic carbocycles. The molecule has 2 heterocycles. The van der Waals surface area contributed by atoms with Gasteiger partial charge in [0.2, 0.25) is 17.7 Å². The van der Waals surface area contributed by atoms with Crippen molar-refractivity contribution in [3.05, 3.63) is 29.8 Å². The number of nitrogens with zero attached hydrogens (tertiary/aromatic N) is 2. The maximum absolute atomic E-state index is 12.6. The number of carbonyl (C=O) groups excluding carboxylic acids is 3. The SMILES string of the molecule is CC(=O)N1CCCC(C(=O)Nc2cccc(CN3CCCC(C(N)=O)C3)c2)C1. The van der Waals surface area contributed by atoms with E-state index in [0.717, 1.165) is 56.6 Å². The van der Waals surface area contributed by atoms with Crippen molar-refractivity contribution in [1.29, 1.82) is 0 Å². The van der Waals surface area contributed by atoms with Gasteiger partial charge in [-0.2, -0.15) is 0 Å². The summed E-state index contributed by atoms with van der Waals surface area (Å²) >= 11 is 0. The molecule has 2 unspecified atom stereocenters. The third-order valence-corrected chi connectivity index (χ3v) is 5.75. The van der Waals surface area contributed by atoms with Gasteiger partial charge in [-0.15, -0.1) is 0 Å². The first-order valence-electron chi connectivity index (χ1n) is 10.1. The van der Waals surface area contributed by atoms with E-state index >= 15 is 0 Å². The maximum Gasteiger partial charge on any atom is 0.229 e. The van der Waals surface area contributed by atoms with Gasteiger partial charge in [-0.05, 0) is 49.9 Å². The van der Waals surface area contributed by atoms with Crippen LogP contribution < -0.4 is 11.1 Å². The Balaban J connectivity index is 1.58. The van der Waals surface area contributed by atoms with E-state index in [2.05, 4.69) is 10.2 Å². The smallest absolute Gasteiger partial charge is 0.229 e. The Morgan fingerprint density at radius 1 is 1.11 bits per heavy atom. The zero-order valence-electron chi connectivity index (χ0n) is 16.5. The van der Waals surface area contributed by atoms with Gasteiger partial charge >= 0.3 is 0 Å². The first-order chi connectivity index (χ1) is 13.4. The average Bonchev–Trinajstić information content (AvgIpc) is 2.68. The predicted molar refractivity (Wildman–Crippen MR) is 107 cm³/mol. The third-order valence-electron chi connectivity index (χ3n) is 5.75. The second-order valence-electron chi connectivity index (χ2n) is 7.97. The predicted octanol–water partition coefficient (Wildman–Crippen LogP) is 1.58. The van der Waals surface area contributed by atoms with Crippen LogP contribution in [0, 0.1) is 11.8 Å². The molecule has 2 fully saturated rings. The van der Waals surface area contributed by atoms with E-state index in [4.69, 9.17) is 5.73 Å². The molecule has 0 spiro atoms. The molecular formula is C21H30N4O3. The number of anilines is 1. The first kappa shape index (κ1) is 20.3. The molecule has 3 N–H and O–H groups in total. The molecule has 7 nitrogen and oxygen atoms in total. The second-order valence-corrected chi connectivity index (χ2v) is 7.97. The zero-order valence-corrected chi connectivity index (χ0v) is 16.5. The molecule has 1 aromatic rings. The van der Waals surface area contributed by atoms with Gasteiger partial charge in [0.25, 0.3) is 0 Å². The van der Waals surface area contributed by atoms with Gasteiger partial charge in [0.05, 0.1) is 11.8 Å². The molecule has 152 valence electrons. The minimum Gasteiger partial charge on any atom is -0.369 e. The van der Waals surface area contributed by atoms with Crippen molar-refractivity contribution < 1.29 is 14.4 Å². The van der Waals surface area contributed by atoms with Crippen molar-refractivity contribution >= 4 is 23.4 Å². The fraction of sp³-hybridized carbons (Fsp3) is 0.571. The summed E-state index contributed by atoms with van der Waals surface area (Å²) in [5, 5.41) is 3.01. The number of hydrogen-bond donors (Lipinski definition) is 2. The van der Waals surface area contributed by atoms with Crippen LogP contribution in [-0.4, -0.2) is 53.7 Å². The van der Waals surface area contributed by atoms with E-state index in [1.54, 1.807) is 11.8 Å². The summed E-state index contributed by atoms with van der Waals surface area (Å²) in [5.41, 5.74) is 7.33. The third kappa shape index (κ3) is 5.32. The Hall–Kier alpha value is -2.41. The quantitative estimate of drug-likeness (QED) is 0.803. The van der Waals surface area contributed by atoms with Crippen molar-refractivity contribution in [3.63, 3.8) is 0 Å². The molecule has 0 radical (unpaired) electrons. The lowest BCUT2D eigenvalue weighted by atomic mass is 9.96. The van der Waals surface area contributed by atoms with Gasteiger partial charge in [0, 0.05) is 38.8 Å². The lowest BCUT2D eigenvalue weighted by Gasteiger charge is -2.31. The van der Waals surface area contributed by atoms with Crippen LogP contribution >= 0.6 is 0 Å². The fourth-order valence-corrected chi connectivity index (χ4v) is 4.16. The van der Waals surface area contributed by atoms with Crippen LogP contribution in [-0.2, 0) is 20.9 Å². The molecule has 2 aliphatic rings. The van der Waals surface area contributed by atoms with E-state index in [1.165, 1.54) is 0 Å². The van der Waals surface area contributed by atoms with E-state index in [9.17, 15) is 14.4 Å². The summed E-state index contributed by atoms with van der Waals surface area (Å²) in [7, 11) is 0. The highest BCUT2D eigenvalue weighted by Gasteiger charge is 2.27. The van der Waals surface area contributed by atoms with Gasteiger partial charge in [-0.25, -0.2) is 0 Å². The number of likely N-dealkylation sites (tertiary alicyclic amines) is 2. The molecule has 0 bridgehead atoms. The topological polar surface area (TPSA) is 95.7 Å².